The Balaban J connectivity index is -0.000000138. The van der Waals surface area contributed by atoms with Crippen LogP contribution in [0.15, 0.2) is 0 Å². The fraction of sp³-hybridized carbons (Fsp3) is 0.167. The van der Waals surface area contributed by atoms with E-state index in [9.17, 15) is 0 Å². The van der Waals surface area contributed by atoms with Crippen molar-refractivity contribution in [1.29, 1.82) is 0 Å². The Morgan fingerprint density at radius 3 is 0.533 bits per heavy atom. The first kappa shape index (κ1) is 22.6. The van der Waals surface area contributed by atoms with Crippen LogP contribution >= 0.6 is 0 Å². The van der Waals surface area contributed by atoms with E-state index in [1.165, 1.54) is 0 Å². The van der Waals surface area contributed by atoms with E-state index in [4.69, 9.17) is 0 Å². The molecule has 3 heteroatoms. The first-order chi connectivity index (χ1) is 7.00. The number of rotatable bonds is 0. The zero-order chi connectivity index (χ0) is 11.1. The second-order valence-electron chi connectivity index (χ2n) is 1.92. The summed E-state index contributed by atoms with van der Waals surface area (Å²) in [6.45, 7) is 0. The van der Waals surface area contributed by atoms with E-state index in [0.717, 1.165) is 0 Å². The van der Waals surface area contributed by atoms with E-state index in [0.29, 0.717) is 0 Å². The largest absolute Gasteiger partial charge is 0.0312 e. The molecule has 0 heterocycles. The Bertz CT molecular complexity index is 46.8. The van der Waals surface area contributed by atoms with Gasteiger partial charge in [-0.15, -0.1) is 0 Å². The molecule has 0 aromatic carbocycles. The summed E-state index contributed by atoms with van der Waals surface area (Å²) in [7, 11) is 0. The molecule has 2 fully saturated rings. The molecule has 2 rings (SSSR count). The monoisotopic (exact) mass is 465 g/mol. The van der Waals surface area contributed by atoms with E-state index in [-0.39, 0.29) is 25.8 Å². The second kappa shape index (κ2) is 25.3. The molecule has 0 unspecified atom stereocenters. The molecule has 2 aliphatic rings. The van der Waals surface area contributed by atoms with Crippen LogP contribution in [0, 0.1) is 64.2 Å². The third-order valence-electron chi connectivity index (χ3n) is 1.11. The minimum Gasteiger partial charge on any atom is -0.0312 e. The minimum atomic E-state index is 0. The van der Waals surface area contributed by atoms with Crippen molar-refractivity contribution in [3.8, 4) is 0 Å². The van der Waals surface area contributed by atoms with Crippen LogP contribution in [-0.4, -0.2) is 44.6 Å². The maximum atomic E-state index is 2.01. The van der Waals surface area contributed by atoms with Gasteiger partial charge in [0.05, 0.1) is 0 Å². The van der Waals surface area contributed by atoms with Gasteiger partial charge in [0.1, 0.15) is 0 Å². The van der Waals surface area contributed by atoms with Gasteiger partial charge in [0, 0.05) is 25.8 Å². The summed E-state index contributed by atoms with van der Waals surface area (Å²) < 4.78 is 0. The van der Waals surface area contributed by atoms with E-state index in [1.54, 1.807) is 0 Å². The zero-order valence-electron chi connectivity index (χ0n) is 9.17. The Hall–Kier alpha value is 2.45. The van der Waals surface area contributed by atoms with Crippen LogP contribution in [0.5, 0.6) is 0 Å². The van der Waals surface area contributed by atoms with Gasteiger partial charge in [-0.05, 0) is 64.2 Å². The van der Waals surface area contributed by atoms with E-state index >= 15 is 0 Å². The molecular weight excluding hydrogens is 444 g/mol. The molecule has 79 valence electrons. The number of hydrogen-bond donors (Lipinski definition) is 0. The molecule has 0 spiro atoms. The summed E-state index contributed by atoms with van der Waals surface area (Å²) >= 11 is 3.90. The van der Waals surface area contributed by atoms with Gasteiger partial charge in [0.15, 0.2) is 0 Å². The van der Waals surface area contributed by atoms with Crippen LogP contribution in [0.25, 0.3) is 0 Å². The van der Waals surface area contributed by atoms with Crippen molar-refractivity contribution in [1.82, 2.24) is 0 Å². The molecule has 0 saturated heterocycles. The van der Waals surface area contributed by atoms with Crippen molar-refractivity contribution in [2.45, 2.75) is 9.94 Å². The summed E-state index contributed by atoms with van der Waals surface area (Å²) in [6, 6.07) is 0. The average Bonchev–Trinajstić information content (AvgIpc) is 3.01. The molecule has 13 radical (unpaired) electrons. The Morgan fingerprint density at radius 1 is 0.400 bits per heavy atom. The van der Waals surface area contributed by atoms with Gasteiger partial charge in [-0.1, -0.05) is 0 Å². The standard InChI is InChI=1S/2C5H5.2CH3Te.Sc/c2*1-2-4-5-3-1;2*1-2;/h2*1-5H;2*1H3;. The van der Waals surface area contributed by atoms with Gasteiger partial charge in [0.25, 0.3) is 0 Å². The van der Waals surface area contributed by atoms with Crippen LogP contribution in [-0.2, 0) is 25.8 Å². The normalized spacial score (nSPS) is 16.8. The summed E-state index contributed by atoms with van der Waals surface area (Å²) in [5.41, 5.74) is 0. The van der Waals surface area contributed by atoms with Gasteiger partial charge in [-0.2, -0.15) is 0 Å². The predicted octanol–water partition coefficient (Wildman–Crippen LogP) is 2.45. The minimum absolute atomic E-state index is 0. The van der Waals surface area contributed by atoms with Crippen molar-refractivity contribution in [3.05, 3.63) is 64.2 Å². The first-order valence-electron chi connectivity index (χ1n) is 4.15. The van der Waals surface area contributed by atoms with Crippen molar-refractivity contribution in [3.63, 3.8) is 0 Å². The molecule has 0 amide bonds. The fourth-order valence-corrected chi connectivity index (χ4v) is 0.642. The quantitative estimate of drug-likeness (QED) is 0.488. The Kier molecular flexibility index (Phi) is 38.2. The van der Waals surface area contributed by atoms with Gasteiger partial charge >= 0.3 is 54.5 Å². The third kappa shape index (κ3) is 22.2. The number of hydrogen-bond acceptors (Lipinski definition) is 0. The maximum absolute atomic E-state index is 2.01. The molecule has 15 heavy (non-hydrogen) atoms. The first-order valence-corrected chi connectivity index (χ1v) is 8.81. The molecule has 0 nitrogen and oxygen atoms in total. The SMILES string of the molecule is C[Te].C[Te].[CH]1[CH][CH][CH][CH]1.[CH]1[CH][CH][CH][CH]1.[Sc]. The maximum Gasteiger partial charge on any atom is 0 e. The fourth-order valence-electron chi connectivity index (χ4n) is 0.642. The van der Waals surface area contributed by atoms with Crippen LogP contribution in [0.3, 0.4) is 0 Å². The molecular formula is C12H16ScTe2. The smallest absolute Gasteiger partial charge is 0 e. The third-order valence-corrected chi connectivity index (χ3v) is 1.11. The molecule has 0 aromatic heterocycles. The van der Waals surface area contributed by atoms with E-state index < -0.39 is 0 Å². The van der Waals surface area contributed by atoms with Crippen molar-refractivity contribution >= 4 is 44.6 Å². The molecule has 0 aliphatic heterocycles. The second-order valence-corrected chi connectivity index (χ2v) is 1.92. The van der Waals surface area contributed by atoms with Crippen molar-refractivity contribution in [2.75, 3.05) is 0 Å². The summed E-state index contributed by atoms with van der Waals surface area (Å²) in [6.07, 6.45) is 20.0. The van der Waals surface area contributed by atoms with E-state index in [1.807, 2.05) is 119 Å². The van der Waals surface area contributed by atoms with Crippen molar-refractivity contribution in [2.24, 2.45) is 0 Å². The van der Waals surface area contributed by atoms with Crippen LogP contribution < -0.4 is 0 Å². The molecule has 0 aromatic rings. The molecule has 0 N–H and O–H groups in total. The summed E-state index contributed by atoms with van der Waals surface area (Å²) in [4.78, 5) is 4.02. The Morgan fingerprint density at radius 2 is 0.467 bits per heavy atom. The molecule has 0 atom stereocenters. The van der Waals surface area contributed by atoms with Gasteiger partial charge in [0.2, 0.25) is 0 Å². The van der Waals surface area contributed by atoms with Crippen LogP contribution in [0.1, 0.15) is 0 Å². The topological polar surface area (TPSA) is 0 Å². The zero-order valence-corrected chi connectivity index (χ0v) is 15.6. The summed E-state index contributed by atoms with van der Waals surface area (Å²) in [5.74, 6) is 0. The molecule has 0 bridgehead atoms. The van der Waals surface area contributed by atoms with E-state index in [2.05, 4.69) is 0 Å². The Labute approximate surface area is 143 Å². The van der Waals surface area contributed by atoms with Gasteiger partial charge in [-0.3, -0.25) is 0 Å². The van der Waals surface area contributed by atoms with Gasteiger partial charge < -0.3 is 0 Å². The van der Waals surface area contributed by atoms with Gasteiger partial charge in [-0.25, -0.2) is 0 Å². The van der Waals surface area contributed by atoms with Crippen LogP contribution in [0.4, 0.5) is 0 Å². The summed E-state index contributed by atoms with van der Waals surface area (Å²) in [5, 5.41) is 0. The average molecular weight is 460 g/mol. The molecule has 2 saturated carbocycles. The van der Waals surface area contributed by atoms with Crippen LogP contribution in [0.2, 0.25) is 9.94 Å². The van der Waals surface area contributed by atoms with Crippen molar-refractivity contribution < 1.29 is 25.8 Å². The predicted molar refractivity (Wildman–Crippen MR) is 66.2 cm³/mol. The molecule has 2 aliphatic carbocycles.